The fourth-order valence-electron chi connectivity index (χ4n) is 0.937. The van der Waals surface area contributed by atoms with Crippen molar-refractivity contribution in [2.45, 2.75) is 19.8 Å². The molecular formula is C7H12N2O. The Morgan fingerprint density at radius 2 is 2.40 bits per heavy atom. The molecule has 0 atom stereocenters. The minimum absolute atomic E-state index is 0.310. The number of aryl methyl sites for hydroxylation is 2. The van der Waals surface area contributed by atoms with Crippen LogP contribution in [0.1, 0.15) is 19.0 Å². The van der Waals surface area contributed by atoms with E-state index in [4.69, 9.17) is 0 Å². The van der Waals surface area contributed by atoms with Gasteiger partial charge in [0.25, 0.3) is 0 Å². The molecule has 1 heterocycles. The van der Waals surface area contributed by atoms with E-state index in [2.05, 4.69) is 12.0 Å². The quantitative estimate of drug-likeness (QED) is 0.667. The van der Waals surface area contributed by atoms with E-state index in [0.717, 1.165) is 18.5 Å². The van der Waals surface area contributed by atoms with Crippen LogP contribution in [0.15, 0.2) is 6.20 Å². The van der Waals surface area contributed by atoms with Crippen molar-refractivity contribution in [1.82, 2.24) is 9.78 Å². The Morgan fingerprint density at radius 1 is 1.70 bits per heavy atom. The van der Waals surface area contributed by atoms with Gasteiger partial charge in [-0.3, -0.25) is 4.68 Å². The van der Waals surface area contributed by atoms with Crippen LogP contribution in [0.25, 0.3) is 0 Å². The van der Waals surface area contributed by atoms with E-state index in [1.165, 1.54) is 0 Å². The molecule has 0 aliphatic heterocycles. The zero-order chi connectivity index (χ0) is 7.56. The van der Waals surface area contributed by atoms with Gasteiger partial charge < -0.3 is 5.11 Å². The van der Waals surface area contributed by atoms with Gasteiger partial charge in [-0.05, 0) is 6.42 Å². The summed E-state index contributed by atoms with van der Waals surface area (Å²) in [7, 11) is 1.80. The van der Waals surface area contributed by atoms with Crippen LogP contribution < -0.4 is 0 Å². The molecule has 1 rings (SSSR count). The van der Waals surface area contributed by atoms with E-state index < -0.39 is 0 Å². The Morgan fingerprint density at radius 3 is 2.80 bits per heavy atom. The van der Waals surface area contributed by atoms with Crippen LogP contribution in [0, 0.1) is 0 Å². The van der Waals surface area contributed by atoms with E-state index in [-0.39, 0.29) is 0 Å². The van der Waals surface area contributed by atoms with Crippen molar-refractivity contribution in [1.29, 1.82) is 0 Å². The van der Waals surface area contributed by atoms with Crippen molar-refractivity contribution in [3.63, 3.8) is 0 Å². The minimum atomic E-state index is 0.310. The maximum Gasteiger partial charge on any atom is 0.156 e. The first-order chi connectivity index (χ1) is 4.74. The van der Waals surface area contributed by atoms with E-state index >= 15 is 0 Å². The molecule has 10 heavy (non-hydrogen) atoms. The standard InChI is InChI=1S/C7H12N2O/c1-3-4-6-7(10)5-9(2)8-6/h5,10H,3-4H2,1-2H3. The zero-order valence-corrected chi connectivity index (χ0v) is 6.33. The second kappa shape index (κ2) is 2.73. The molecular weight excluding hydrogens is 128 g/mol. The number of hydrogen-bond donors (Lipinski definition) is 1. The topological polar surface area (TPSA) is 38.0 Å². The molecule has 0 bridgehead atoms. The average molecular weight is 140 g/mol. The van der Waals surface area contributed by atoms with E-state index in [0.29, 0.717) is 5.75 Å². The molecule has 1 aromatic rings. The molecule has 3 heteroatoms. The van der Waals surface area contributed by atoms with Gasteiger partial charge in [-0.2, -0.15) is 5.10 Å². The fourth-order valence-corrected chi connectivity index (χ4v) is 0.937. The molecule has 0 unspecified atom stereocenters. The average Bonchev–Trinajstić information content (AvgIpc) is 2.13. The lowest BCUT2D eigenvalue weighted by molar-refractivity contribution is 0.467. The summed E-state index contributed by atoms with van der Waals surface area (Å²) in [5.74, 6) is 0.310. The Labute approximate surface area is 60.3 Å². The van der Waals surface area contributed by atoms with Crippen molar-refractivity contribution in [2.75, 3.05) is 0 Å². The molecule has 0 aliphatic rings. The van der Waals surface area contributed by atoms with Crippen LogP contribution in [0.5, 0.6) is 5.75 Å². The SMILES string of the molecule is CCCc1nn(C)cc1O. The third-order valence-corrected chi connectivity index (χ3v) is 1.37. The third-order valence-electron chi connectivity index (χ3n) is 1.37. The van der Waals surface area contributed by atoms with Crippen molar-refractivity contribution >= 4 is 0 Å². The summed E-state index contributed by atoms with van der Waals surface area (Å²) >= 11 is 0. The highest BCUT2D eigenvalue weighted by Gasteiger charge is 2.02. The van der Waals surface area contributed by atoms with Gasteiger partial charge >= 0.3 is 0 Å². The molecule has 0 radical (unpaired) electrons. The summed E-state index contributed by atoms with van der Waals surface area (Å²) in [6, 6.07) is 0. The van der Waals surface area contributed by atoms with Crippen LogP contribution in [0.3, 0.4) is 0 Å². The first kappa shape index (κ1) is 7.12. The molecule has 0 amide bonds. The van der Waals surface area contributed by atoms with Gasteiger partial charge in [-0.1, -0.05) is 13.3 Å². The third kappa shape index (κ3) is 1.29. The molecule has 3 nitrogen and oxygen atoms in total. The second-order valence-electron chi connectivity index (χ2n) is 2.38. The van der Waals surface area contributed by atoms with Gasteiger partial charge in [0, 0.05) is 7.05 Å². The van der Waals surface area contributed by atoms with Gasteiger partial charge in [0.05, 0.1) is 6.20 Å². The van der Waals surface area contributed by atoms with Gasteiger partial charge in [0.1, 0.15) is 5.69 Å². The molecule has 0 aromatic carbocycles. The summed E-state index contributed by atoms with van der Waals surface area (Å²) in [6.07, 6.45) is 3.49. The molecule has 0 saturated heterocycles. The number of aromatic hydroxyl groups is 1. The first-order valence-corrected chi connectivity index (χ1v) is 3.45. The fraction of sp³-hybridized carbons (Fsp3) is 0.571. The van der Waals surface area contributed by atoms with Crippen LogP contribution in [0.2, 0.25) is 0 Å². The Balaban J connectivity index is 2.81. The highest BCUT2D eigenvalue weighted by atomic mass is 16.3. The summed E-state index contributed by atoms with van der Waals surface area (Å²) < 4.78 is 1.63. The summed E-state index contributed by atoms with van der Waals surface area (Å²) in [5, 5.41) is 13.2. The lowest BCUT2D eigenvalue weighted by Crippen LogP contribution is -1.90. The van der Waals surface area contributed by atoms with Crippen molar-refractivity contribution < 1.29 is 5.11 Å². The van der Waals surface area contributed by atoms with Gasteiger partial charge in [0.2, 0.25) is 0 Å². The molecule has 0 fully saturated rings. The Kier molecular flexibility index (Phi) is 1.94. The van der Waals surface area contributed by atoms with Crippen LogP contribution >= 0.6 is 0 Å². The van der Waals surface area contributed by atoms with Crippen LogP contribution in [-0.2, 0) is 13.5 Å². The largest absolute Gasteiger partial charge is 0.504 e. The first-order valence-electron chi connectivity index (χ1n) is 3.45. The highest BCUT2D eigenvalue weighted by Crippen LogP contribution is 2.14. The maximum absolute atomic E-state index is 9.18. The van der Waals surface area contributed by atoms with Crippen LogP contribution in [0.4, 0.5) is 0 Å². The molecule has 0 spiro atoms. The lowest BCUT2D eigenvalue weighted by atomic mass is 10.2. The predicted molar refractivity (Wildman–Crippen MR) is 38.9 cm³/mol. The summed E-state index contributed by atoms with van der Waals surface area (Å²) in [4.78, 5) is 0. The highest BCUT2D eigenvalue weighted by molar-refractivity contribution is 5.22. The number of nitrogens with zero attached hydrogens (tertiary/aromatic N) is 2. The molecule has 0 saturated carbocycles. The van der Waals surface area contributed by atoms with Gasteiger partial charge in [-0.25, -0.2) is 0 Å². The van der Waals surface area contributed by atoms with Crippen molar-refractivity contribution in [3.8, 4) is 5.75 Å². The Hall–Kier alpha value is -0.990. The van der Waals surface area contributed by atoms with Crippen molar-refractivity contribution in [3.05, 3.63) is 11.9 Å². The normalized spacial score (nSPS) is 10.2. The summed E-state index contributed by atoms with van der Waals surface area (Å²) in [5.41, 5.74) is 0.796. The van der Waals surface area contributed by atoms with E-state index in [9.17, 15) is 5.11 Å². The van der Waals surface area contributed by atoms with Gasteiger partial charge in [0.15, 0.2) is 5.75 Å². The molecule has 0 aliphatic carbocycles. The van der Waals surface area contributed by atoms with Crippen LogP contribution in [-0.4, -0.2) is 14.9 Å². The lowest BCUT2D eigenvalue weighted by Gasteiger charge is -1.89. The maximum atomic E-state index is 9.18. The Bertz CT molecular complexity index is 217. The number of hydrogen-bond acceptors (Lipinski definition) is 2. The monoisotopic (exact) mass is 140 g/mol. The molecule has 1 N–H and O–H groups in total. The van der Waals surface area contributed by atoms with E-state index in [1.807, 2.05) is 0 Å². The number of aromatic nitrogens is 2. The summed E-state index contributed by atoms with van der Waals surface area (Å²) in [6.45, 7) is 2.06. The van der Waals surface area contributed by atoms with Crippen molar-refractivity contribution in [2.24, 2.45) is 7.05 Å². The minimum Gasteiger partial charge on any atom is -0.504 e. The number of rotatable bonds is 2. The second-order valence-corrected chi connectivity index (χ2v) is 2.38. The smallest absolute Gasteiger partial charge is 0.156 e. The molecule has 56 valence electrons. The zero-order valence-electron chi connectivity index (χ0n) is 6.33. The van der Waals surface area contributed by atoms with E-state index in [1.54, 1.807) is 17.9 Å². The molecule has 1 aromatic heterocycles. The predicted octanol–water partition coefficient (Wildman–Crippen LogP) is 1.08. The van der Waals surface area contributed by atoms with Gasteiger partial charge in [-0.15, -0.1) is 0 Å².